The summed E-state index contributed by atoms with van der Waals surface area (Å²) in [4.78, 5) is 29.7. The van der Waals surface area contributed by atoms with Crippen molar-refractivity contribution in [1.29, 1.82) is 0 Å². The van der Waals surface area contributed by atoms with Gasteiger partial charge in [-0.1, -0.05) is 18.2 Å². The van der Waals surface area contributed by atoms with Crippen LogP contribution in [0.3, 0.4) is 0 Å². The lowest BCUT2D eigenvalue weighted by Crippen LogP contribution is -2.44. The number of nitrogens with zero attached hydrogens (tertiary/aromatic N) is 2. The quantitative estimate of drug-likeness (QED) is 0.892. The van der Waals surface area contributed by atoms with Crippen molar-refractivity contribution in [2.75, 3.05) is 18.4 Å². The fourth-order valence-corrected chi connectivity index (χ4v) is 3.47. The second kappa shape index (κ2) is 7.00. The molecule has 0 saturated carbocycles. The van der Waals surface area contributed by atoms with E-state index in [2.05, 4.69) is 10.3 Å². The van der Waals surface area contributed by atoms with Crippen LogP contribution in [0.25, 0.3) is 11.3 Å². The Labute approximate surface area is 144 Å². The smallest absolute Gasteiger partial charge is 0.321 e. The number of nitrogens with one attached hydrogen (secondary N) is 1. The van der Waals surface area contributed by atoms with Gasteiger partial charge in [0.25, 0.3) is 0 Å². The highest BCUT2D eigenvalue weighted by Crippen LogP contribution is 2.29. The molecule has 2 aromatic rings. The Balaban J connectivity index is 1.76. The third-order valence-corrected chi connectivity index (χ3v) is 4.89. The van der Waals surface area contributed by atoms with Gasteiger partial charge in [0.2, 0.25) is 0 Å². The van der Waals surface area contributed by atoms with Gasteiger partial charge in [0.1, 0.15) is 0 Å². The van der Waals surface area contributed by atoms with Crippen molar-refractivity contribution in [3.05, 3.63) is 34.7 Å². The topological polar surface area (TPSA) is 82.5 Å². The predicted molar refractivity (Wildman–Crippen MR) is 93.2 cm³/mol. The molecule has 7 heteroatoms. The number of aliphatic carboxylic acids is 1. The molecule has 0 aliphatic carbocycles. The van der Waals surface area contributed by atoms with Crippen LogP contribution in [0.15, 0.2) is 29.6 Å². The number of rotatable bonds is 3. The fourth-order valence-electron chi connectivity index (χ4n) is 2.86. The van der Waals surface area contributed by atoms with Gasteiger partial charge < -0.3 is 15.3 Å². The fraction of sp³-hybridized carbons (Fsp3) is 0.353. The highest BCUT2D eigenvalue weighted by Gasteiger charge is 2.28. The van der Waals surface area contributed by atoms with E-state index in [0.717, 1.165) is 16.3 Å². The Morgan fingerprint density at radius 3 is 2.88 bits per heavy atom. The second-order valence-electron chi connectivity index (χ2n) is 5.85. The molecule has 1 aliphatic rings. The lowest BCUT2D eigenvalue weighted by atomic mass is 9.99. The lowest BCUT2D eigenvalue weighted by molar-refractivity contribution is -0.143. The summed E-state index contributed by atoms with van der Waals surface area (Å²) in [5.41, 5.74) is 2.38. The van der Waals surface area contributed by atoms with Crippen molar-refractivity contribution in [1.82, 2.24) is 9.88 Å². The second-order valence-corrected chi connectivity index (χ2v) is 6.91. The minimum atomic E-state index is -0.842. The minimum absolute atomic E-state index is 0.249. The van der Waals surface area contributed by atoms with Gasteiger partial charge in [-0.05, 0) is 25.8 Å². The number of anilines is 1. The van der Waals surface area contributed by atoms with E-state index < -0.39 is 11.9 Å². The van der Waals surface area contributed by atoms with Gasteiger partial charge in [0.05, 0.1) is 22.3 Å². The SMILES string of the molecule is Cc1nc(-c2ccccc2NC(=O)N2CCCC(C(=O)O)C2)cs1. The first-order valence-corrected chi connectivity index (χ1v) is 8.73. The number of para-hydroxylation sites is 1. The van der Waals surface area contributed by atoms with E-state index in [-0.39, 0.29) is 12.6 Å². The van der Waals surface area contributed by atoms with Crippen molar-refractivity contribution in [3.8, 4) is 11.3 Å². The number of hydrogen-bond donors (Lipinski definition) is 2. The van der Waals surface area contributed by atoms with Gasteiger partial charge in [-0.25, -0.2) is 9.78 Å². The Bertz CT molecular complexity index is 759. The molecule has 1 atom stereocenters. The molecule has 1 fully saturated rings. The number of benzene rings is 1. The van der Waals surface area contributed by atoms with Crippen molar-refractivity contribution in [2.45, 2.75) is 19.8 Å². The molecule has 1 aliphatic heterocycles. The number of thiazole rings is 1. The molecule has 24 heavy (non-hydrogen) atoms. The highest BCUT2D eigenvalue weighted by atomic mass is 32.1. The molecule has 0 bridgehead atoms. The average Bonchev–Trinajstić information content (AvgIpc) is 3.01. The summed E-state index contributed by atoms with van der Waals surface area (Å²) in [6.07, 6.45) is 1.32. The number of carbonyl (C=O) groups excluding carboxylic acids is 1. The number of piperidine rings is 1. The van der Waals surface area contributed by atoms with Gasteiger partial charge in [-0.15, -0.1) is 11.3 Å². The first-order chi connectivity index (χ1) is 11.5. The van der Waals surface area contributed by atoms with Crippen LogP contribution in [0.5, 0.6) is 0 Å². The van der Waals surface area contributed by atoms with Crippen LogP contribution in [-0.4, -0.2) is 40.1 Å². The van der Waals surface area contributed by atoms with Gasteiger partial charge in [0, 0.05) is 24.0 Å². The Hall–Kier alpha value is -2.41. The Morgan fingerprint density at radius 2 is 2.17 bits per heavy atom. The van der Waals surface area contributed by atoms with E-state index >= 15 is 0 Å². The molecule has 0 spiro atoms. The van der Waals surface area contributed by atoms with Gasteiger partial charge in [-0.2, -0.15) is 0 Å². The maximum absolute atomic E-state index is 12.5. The standard InChI is InChI=1S/C17H19N3O3S/c1-11-18-15(10-24-11)13-6-2-3-7-14(13)19-17(23)20-8-4-5-12(9-20)16(21)22/h2-3,6-7,10,12H,4-5,8-9H2,1H3,(H,19,23)(H,21,22). The molecule has 0 radical (unpaired) electrons. The number of carboxylic acid groups (broad SMARTS) is 1. The number of amides is 2. The van der Waals surface area contributed by atoms with Gasteiger partial charge in [-0.3, -0.25) is 4.79 Å². The van der Waals surface area contributed by atoms with Crippen molar-refractivity contribution >= 4 is 29.0 Å². The van der Waals surface area contributed by atoms with Crippen LogP contribution in [0, 0.1) is 12.8 Å². The maximum Gasteiger partial charge on any atom is 0.321 e. The average molecular weight is 345 g/mol. The molecule has 2 amide bonds. The molecule has 2 N–H and O–H groups in total. The van der Waals surface area contributed by atoms with E-state index in [4.69, 9.17) is 5.11 Å². The summed E-state index contributed by atoms with van der Waals surface area (Å²) in [5, 5.41) is 15.0. The third kappa shape index (κ3) is 3.56. The van der Waals surface area contributed by atoms with E-state index in [0.29, 0.717) is 25.1 Å². The van der Waals surface area contributed by atoms with Crippen molar-refractivity contribution in [3.63, 3.8) is 0 Å². The molecule has 1 aromatic carbocycles. The van der Waals surface area contributed by atoms with E-state index in [1.807, 2.05) is 36.6 Å². The van der Waals surface area contributed by atoms with Crippen LogP contribution in [0.2, 0.25) is 0 Å². The number of likely N-dealkylation sites (tertiary alicyclic amines) is 1. The first kappa shape index (κ1) is 16.4. The van der Waals surface area contributed by atoms with Crippen molar-refractivity contribution < 1.29 is 14.7 Å². The zero-order valence-electron chi connectivity index (χ0n) is 13.4. The highest BCUT2D eigenvalue weighted by molar-refractivity contribution is 7.09. The lowest BCUT2D eigenvalue weighted by Gasteiger charge is -2.30. The Kier molecular flexibility index (Phi) is 4.80. The normalized spacial score (nSPS) is 17.5. The first-order valence-electron chi connectivity index (χ1n) is 7.85. The zero-order chi connectivity index (χ0) is 17.1. The summed E-state index contributed by atoms with van der Waals surface area (Å²) < 4.78 is 0. The Morgan fingerprint density at radius 1 is 1.38 bits per heavy atom. The molecule has 6 nitrogen and oxygen atoms in total. The number of carboxylic acids is 1. The van der Waals surface area contributed by atoms with E-state index in [9.17, 15) is 9.59 Å². The molecule has 1 aromatic heterocycles. The summed E-state index contributed by atoms with van der Waals surface area (Å²) in [7, 11) is 0. The monoisotopic (exact) mass is 345 g/mol. The largest absolute Gasteiger partial charge is 0.481 e. The number of urea groups is 1. The summed E-state index contributed by atoms with van der Waals surface area (Å²) in [6, 6.07) is 7.25. The molecular formula is C17H19N3O3S. The molecule has 1 unspecified atom stereocenters. The van der Waals surface area contributed by atoms with Gasteiger partial charge in [0.15, 0.2) is 0 Å². The number of hydrogen-bond acceptors (Lipinski definition) is 4. The van der Waals surface area contributed by atoms with Crippen LogP contribution in [-0.2, 0) is 4.79 Å². The van der Waals surface area contributed by atoms with Crippen molar-refractivity contribution in [2.24, 2.45) is 5.92 Å². The van der Waals surface area contributed by atoms with E-state index in [1.54, 1.807) is 16.2 Å². The minimum Gasteiger partial charge on any atom is -0.481 e. The summed E-state index contributed by atoms with van der Waals surface area (Å²) >= 11 is 1.56. The van der Waals surface area contributed by atoms with Crippen LogP contribution >= 0.6 is 11.3 Å². The maximum atomic E-state index is 12.5. The molecule has 3 rings (SSSR count). The molecule has 2 heterocycles. The molecule has 1 saturated heterocycles. The summed E-state index contributed by atoms with van der Waals surface area (Å²) in [6.45, 7) is 2.77. The predicted octanol–water partition coefficient (Wildman–Crippen LogP) is 3.45. The van der Waals surface area contributed by atoms with Crippen LogP contribution in [0.1, 0.15) is 17.8 Å². The van der Waals surface area contributed by atoms with Crippen LogP contribution in [0.4, 0.5) is 10.5 Å². The number of aromatic nitrogens is 1. The summed E-state index contributed by atoms with van der Waals surface area (Å²) in [5.74, 6) is -1.33. The number of carbonyl (C=O) groups is 2. The number of aryl methyl sites for hydroxylation is 1. The molecular weight excluding hydrogens is 326 g/mol. The third-order valence-electron chi connectivity index (χ3n) is 4.12. The van der Waals surface area contributed by atoms with E-state index in [1.165, 1.54) is 0 Å². The van der Waals surface area contributed by atoms with Crippen LogP contribution < -0.4 is 5.32 Å². The molecule has 126 valence electrons. The van der Waals surface area contributed by atoms with Gasteiger partial charge >= 0.3 is 12.0 Å². The zero-order valence-corrected chi connectivity index (χ0v) is 14.2.